The van der Waals surface area contributed by atoms with Crippen molar-refractivity contribution >= 4 is 11.6 Å². The maximum atomic E-state index is 12.1. The van der Waals surface area contributed by atoms with Gasteiger partial charge in [-0.1, -0.05) is 26.0 Å². The van der Waals surface area contributed by atoms with Crippen molar-refractivity contribution in [3.05, 3.63) is 29.8 Å². The number of hydrogen-bond donors (Lipinski definition) is 1. The summed E-state index contributed by atoms with van der Waals surface area (Å²) in [6.07, 6.45) is 0.374. The molecule has 1 saturated heterocycles. The number of ether oxygens (including phenoxy) is 1. The quantitative estimate of drug-likeness (QED) is 0.927. The first-order chi connectivity index (χ1) is 9.94. The molecule has 1 heterocycles. The summed E-state index contributed by atoms with van der Waals surface area (Å²) in [6, 6.07) is 8.08. The number of carbonyl (C=O) groups excluding carboxylic acids is 1. The molecule has 1 aromatic carbocycles. The standard InChI is InChI=1S/C17H26N2O2/c1-12(2)15-5-7-16(8-6-15)18-17(20)11-19-9-13(3)21-14(4)10-19/h5-8,12-14H,9-11H2,1-4H3,(H,18,20)/t13-,14+. The molecule has 0 aromatic heterocycles. The highest BCUT2D eigenvalue weighted by Gasteiger charge is 2.23. The zero-order chi connectivity index (χ0) is 15.4. The summed E-state index contributed by atoms with van der Waals surface area (Å²) < 4.78 is 5.68. The van der Waals surface area contributed by atoms with Gasteiger partial charge in [0.25, 0.3) is 0 Å². The number of hydrogen-bond acceptors (Lipinski definition) is 3. The fourth-order valence-electron chi connectivity index (χ4n) is 2.77. The van der Waals surface area contributed by atoms with Crippen LogP contribution in [0, 0.1) is 0 Å². The maximum Gasteiger partial charge on any atom is 0.238 e. The van der Waals surface area contributed by atoms with Gasteiger partial charge in [0.2, 0.25) is 5.91 Å². The van der Waals surface area contributed by atoms with Crippen molar-refractivity contribution in [1.82, 2.24) is 4.90 Å². The summed E-state index contributed by atoms with van der Waals surface area (Å²) in [7, 11) is 0. The van der Waals surface area contributed by atoms with E-state index >= 15 is 0 Å². The molecule has 0 radical (unpaired) electrons. The predicted octanol–water partition coefficient (Wildman–Crippen LogP) is 2.86. The third kappa shape index (κ3) is 4.83. The van der Waals surface area contributed by atoms with Crippen LogP contribution in [0.5, 0.6) is 0 Å². The first-order valence-electron chi connectivity index (χ1n) is 7.71. The Bertz CT molecular complexity index is 460. The Morgan fingerprint density at radius 3 is 2.33 bits per heavy atom. The third-order valence-corrected chi connectivity index (χ3v) is 3.72. The Kier molecular flexibility index (Phi) is 5.37. The average Bonchev–Trinajstić information content (AvgIpc) is 2.37. The van der Waals surface area contributed by atoms with Gasteiger partial charge in [0, 0.05) is 18.8 Å². The van der Waals surface area contributed by atoms with Crippen molar-refractivity contribution < 1.29 is 9.53 Å². The predicted molar refractivity (Wildman–Crippen MR) is 85.6 cm³/mol. The van der Waals surface area contributed by atoms with Gasteiger partial charge in [0.05, 0.1) is 18.8 Å². The van der Waals surface area contributed by atoms with E-state index in [2.05, 4.69) is 36.2 Å². The maximum absolute atomic E-state index is 12.1. The van der Waals surface area contributed by atoms with Crippen LogP contribution in [0.15, 0.2) is 24.3 Å². The van der Waals surface area contributed by atoms with Crippen LogP contribution in [0.25, 0.3) is 0 Å². The number of benzene rings is 1. The lowest BCUT2D eigenvalue weighted by molar-refractivity contribution is -0.121. The normalized spacial score (nSPS) is 23.3. The van der Waals surface area contributed by atoms with Crippen molar-refractivity contribution in [2.75, 3.05) is 25.0 Å². The molecule has 0 bridgehead atoms. The van der Waals surface area contributed by atoms with Crippen LogP contribution in [-0.4, -0.2) is 42.6 Å². The van der Waals surface area contributed by atoms with Crippen molar-refractivity contribution in [2.24, 2.45) is 0 Å². The zero-order valence-corrected chi connectivity index (χ0v) is 13.4. The van der Waals surface area contributed by atoms with Gasteiger partial charge in [0.15, 0.2) is 0 Å². The molecule has 21 heavy (non-hydrogen) atoms. The molecule has 1 aliphatic rings. The Morgan fingerprint density at radius 1 is 1.24 bits per heavy atom. The largest absolute Gasteiger partial charge is 0.373 e. The lowest BCUT2D eigenvalue weighted by Crippen LogP contribution is -2.48. The highest BCUT2D eigenvalue weighted by atomic mass is 16.5. The van der Waals surface area contributed by atoms with Gasteiger partial charge in [-0.25, -0.2) is 0 Å². The van der Waals surface area contributed by atoms with Crippen molar-refractivity contribution in [3.8, 4) is 0 Å². The summed E-state index contributed by atoms with van der Waals surface area (Å²) in [5.74, 6) is 0.541. The van der Waals surface area contributed by atoms with Gasteiger partial charge in [-0.05, 0) is 37.5 Å². The van der Waals surface area contributed by atoms with Gasteiger partial charge in [-0.15, -0.1) is 0 Å². The molecule has 4 nitrogen and oxygen atoms in total. The average molecular weight is 290 g/mol. The lowest BCUT2D eigenvalue weighted by atomic mass is 10.0. The van der Waals surface area contributed by atoms with Crippen LogP contribution in [0.4, 0.5) is 5.69 Å². The van der Waals surface area contributed by atoms with Gasteiger partial charge >= 0.3 is 0 Å². The minimum Gasteiger partial charge on any atom is -0.373 e. The third-order valence-electron chi connectivity index (χ3n) is 3.72. The molecule has 116 valence electrons. The summed E-state index contributed by atoms with van der Waals surface area (Å²) >= 11 is 0. The Balaban J connectivity index is 1.86. The summed E-state index contributed by atoms with van der Waals surface area (Å²) in [5.41, 5.74) is 2.14. The molecule has 1 amide bonds. The summed E-state index contributed by atoms with van der Waals surface area (Å²) in [4.78, 5) is 14.3. The number of nitrogens with zero attached hydrogens (tertiary/aromatic N) is 1. The highest BCUT2D eigenvalue weighted by molar-refractivity contribution is 5.92. The molecular formula is C17H26N2O2. The minimum absolute atomic E-state index is 0.0357. The van der Waals surface area contributed by atoms with E-state index in [-0.39, 0.29) is 18.1 Å². The van der Waals surface area contributed by atoms with Crippen LogP contribution >= 0.6 is 0 Å². The second-order valence-corrected chi connectivity index (χ2v) is 6.28. The number of nitrogens with one attached hydrogen (secondary N) is 1. The molecule has 1 fully saturated rings. The van der Waals surface area contributed by atoms with E-state index in [1.807, 2.05) is 26.0 Å². The molecule has 1 aromatic rings. The number of anilines is 1. The summed E-state index contributed by atoms with van der Waals surface area (Å²) in [6.45, 7) is 10.5. The lowest BCUT2D eigenvalue weighted by Gasteiger charge is -2.34. The molecule has 0 spiro atoms. The first-order valence-corrected chi connectivity index (χ1v) is 7.71. The topological polar surface area (TPSA) is 41.6 Å². The smallest absolute Gasteiger partial charge is 0.238 e. The second kappa shape index (κ2) is 7.05. The molecule has 0 unspecified atom stereocenters. The van der Waals surface area contributed by atoms with E-state index in [0.717, 1.165) is 18.8 Å². The molecule has 1 aliphatic heterocycles. The highest BCUT2D eigenvalue weighted by Crippen LogP contribution is 2.17. The van der Waals surface area contributed by atoms with Crippen LogP contribution < -0.4 is 5.32 Å². The van der Waals surface area contributed by atoms with E-state index in [4.69, 9.17) is 4.74 Å². The van der Waals surface area contributed by atoms with E-state index in [9.17, 15) is 4.79 Å². The van der Waals surface area contributed by atoms with Gasteiger partial charge in [0.1, 0.15) is 0 Å². The molecule has 0 saturated carbocycles. The molecule has 2 atom stereocenters. The second-order valence-electron chi connectivity index (χ2n) is 6.28. The van der Waals surface area contributed by atoms with Crippen molar-refractivity contribution in [1.29, 1.82) is 0 Å². The number of rotatable bonds is 4. The van der Waals surface area contributed by atoms with Crippen LogP contribution in [0.1, 0.15) is 39.2 Å². The number of amides is 1. The Labute approximate surface area is 127 Å². The van der Waals surface area contributed by atoms with Crippen LogP contribution in [0.2, 0.25) is 0 Å². The monoisotopic (exact) mass is 290 g/mol. The van der Waals surface area contributed by atoms with Gasteiger partial charge in [-0.3, -0.25) is 9.69 Å². The first kappa shape index (κ1) is 16.0. The van der Waals surface area contributed by atoms with E-state index in [1.54, 1.807) is 0 Å². The Hall–Kier alpha value is -1.39. The molecular weight excluding hydrogens is 264 g/mol. The SMILES string of the molecule is CC(C)c1ccc(NC(=O)CN2C[C@@H](C)O[C@@H](C)C2)cc1. The van der Waals surface area contributed by atoms with Crippen LogP contribution in [0.3, 0.4) is 0 Å². The molecule has 0 aliphatic carbocycles. The number of carbonyl (C=O) groups is 1. The molecule has 1 N–H and O–H groups in total. The van der Waals surface area contributed by atoms with E-state index in [1.165, 1.54) is 5.56 Å². The summed E-state index contributed by atoms with van der Waals surface area (Å²) in [5, 5.41) is 2.96. The van der Waals surface area contributed by atoms with E-state index in [0.29, 0.717) is 12.5 Å². The van der Waals surface area contributed by atoms with Crippen molar-refractivity contribution in [2.45, 2.75) is 45.8 Å². The van der Waals surface area contributed by atoms with Crippen LogP contribution in [-0.2, 0) is 9.53 Å². The van der Waals surface area contributed by atoms with E-state index < -0.39 is 0 Å². The zero-order valence-electron chi connectivity index (χ0n) is 13.4. The van der Waals surface area contributed by atoms with Gasteiger partial charge in [-0.2, -0.15) is 0 Å². The fraction of sp³-hybridized carbons (Fsp3) is 0.588. The fourth-order valence-corrected chi connectivity index (χ4v) is 2.77. The minimum atomic E-state index is 0.0357. The molecule has 2 rings (SSSR count). The van der Waals surface area contributed by atoms with Gasteiger partial charge < -0.3 is 10.1 Å². The number of morpholine rings is 1. The van der Waals surface area contributed by atoms with Crippen molar-refractivity contribution in [3.63, 3.8) is 0 Å². The Morgan fingerprint density at radius 2 is 1.81 bits per heavy atom. The molecule has 4 heteroatoms.